The Bertz CT molecular complexity index is 218. The van der Waals surface area contributed by atoms with Crippen LogP contribution in [0.1, 0.15) is 11.5 Å². The Morgan fingerprint density at radius 3 is 2.88 bits per heavy atom. The summed E-state index contributed by atoms with van der Waals surface area (Å²) in [6.45, 7) is 3.47. The molecule has 0 atom stereocenters. The van der Waals surface area contributed by atoms with Crippen LogP contribution in [0.3, 0.4) is 0 Å². The van der Waals surface area contributed by atoms with Gasteiger partial charge < -0.3 is 4.98 Å². The molecule has 0 aliphatic heterocycles. The molecule has 0 amide bonds. The molecule has 0 unspecified atom stereocenters. The Morgan fingerprint density at radius 1 is 1.88 bits per heavy atom. The summed E-state index contributed by atoms with van der Waals surface area (Å²) in [6, 6.07) is 1.89. The van der Waals surface area contributed by atoms with Gasteiger partial charge in [0.2, 0.25) is 0 Å². The topological polar surface area (TPSA) is 52.5 Å². The van der Waals surface area contributed by atoms with Gasteiger partial charge in [0, 0.05) is 6.92 Å². The molecule has 0 aliphatic rings. The van der Waals surface area contributed by atoms with Gasteiger partial charge in [-0.2, -0.15) is 5.26 Å². The molecule has 3 heteroatoms. The number of aromatic nitrogens is 2. The molecule has 1 N–H and O–H groups in total. The summed E-state index contributed by atoms with van der Waals surface area (Å²) in [5.74, 6) is 0.529. The first-order valence-corrected chi connectivity index (χ1v) is 2.10. The van der Waals surface area contributed by atoms with Crippen molar-refractivity contribution in [3.05, 3.63) is 24.6 Å². The second-order valence-corrected chi connectivity index (χ2v) is 1.36. The van der Waals surface area contributed by atoms with Crippen LogP contribution in [-0.2, 0) is 0 Å². The van der Waals surface area contributed by atoms with E-state index in [1.807, 2.05) is 6.07 Å². The minimum absolute atomic E-state index is 0.454. The van der Waals surface area contributed by atoms with E-state index >= 15 is 0 Å². The average molecular weight is 106 g/mol. The maximum Gasteiger partial charge on any atom is 0.137 e. The van der Waals surface area contributed by atoms with Crippen LogP contribution in [0.2, 0.25) is 0 Å². The van der Waals surface area contributed by atoms with Crippen LogP contribution in [0, 0.1) is 18.3 Å². The van der Waals surface area contributed by atoms with Crippen LogP contribution in [0.15, 0.2) is 6.20 Å². The van der Waals surface area contributed by atoms with E-state index in [1.165, 1.54) is 6.20 Å². The molecule has 1 aromatic rings. The zero-order valence-corrected chi connectivity index (χ0v) is 4.18. The van der Waals surface area contributed by atoms with E-state index in [2.05, 4.69) is 16.9 Å². The molecule has 1 radical (unpaired) electrons. The van der Waals surface area contributed by atoms with Gasteiger partial charge in [-0.05, 0) is 0 Å². The van der Waals surface area contributed by atoms with E-state index < -0.39 is 0 Å². The summed E-state index contributed by atoms with van der Waals surface area (Å²) in [5.41, 5.74) is 0.454. The van der Waals surface area contributed by atoms with E-state index in [0.717, 1.165) is 0 Å². The molecule has 39 valence electrons. The number of hydrogen-bond donors (Lipinski definition) is 1. The van der Waals surface area contributed by atoms with Gasteiger partial charge in [0.25, 0.3) is 0 Å². The molecular formula is C5H4N3. The van der Waals surface area contributed by atoms with Crippen LogP contribution in [0.4, 0.5) is 0 Å². The van der Waals surface area contributed by atoms with Gasteiger partial charge in [-0.3, -0.25) is 0 Å². The van der Waals surface area contributed by atoms with Crippen molar-refractivity contribution >= 4 is 0 Å². The van der Waals surface area contributed by atoms with Gasteiger partial charge in [0.05, 0.1) is 6.20 Å². The van der Waals surface area contributed by atoms with Crippen molar-refractivity contribution in [3.8, 4) is 6.07 Å². The minimum atomic E-state index is 0.454. The number of nitrogens with zero attached hydrogens (tertiary/aromatic N) is 2. The first-order chi connectivity index (χ1) is 3.83. The molecule has 8 heavy (non-hydrogen) atoms. The second-order valence-electron chi connectivity index (χ2n) is 1.36. The summed E-state index contributed by atoms with van der Waals surface area (Å²) in [4.78, 5) is 6.34. The molecule has 1 heterocycles. The van der Waals surface area contributed by atoms with E-state index in [9.17, 15) is 0 Å². The predicted octanol–water partition coefficient (Wildman–Crippen LogP) is 0.464. The van der Waals surface area contributed by atoms with Gasteiger partial charge in [-0.15, -0.1) is 0 Å². The third-order valence-electron chi connectivity index (χ3n) is 0.749. The SMILES string of the molecule is [CH2]c1ncc(C#N)[nH]1. The van der Waals surface area contributed by atoms with Crippen LogP contribution in [0.25, 0.3) is 0 Å². The van der Waals surface area contributed by atoms with Gasteiger partial charge in [0.15, 0.2) is 0 Å². The number of rotatable bonds is 0. The lowest BCUT2D eigenvalue weighted by Crippen LogP contribution is -1.71. The van der Waals surface area contributed by atoms with Crippen molar-refractivity contribution in [2.45, 2.75) is 0 Å². The molecule has 1 aromatic heterocycles. The third kappa shape index (κ3) is 0.684. The van der Waals surface area contributed by atoms with Crippen LogP contribution in [0.5, 0.6) is 0 Å². The fourth-order valence-electron chi connectivity index (χ4n) is 0.419. The number of H-pyrrole nitrogens is 1. The molecule has 0 aliphatic carbocycles. The summed E-state index contributed by atoms with van der Waals surface area (Å²) in [7, 11) is 0. The number of hydrogen-bond acceptors (Lipinski definition) is 2. The van der Waals surface area contributed by atoms with Gasteiger partial charge in [-0.1, -0.05) is 0 Å². The first kappa shape index (κ1) is 4.85. The minimum Gasteiger partial charge on any atom is -0.334 e. The molecule has 3 nitrogen and oxygen atoms in total. The van der Waals surface area contributed by atoms with E-state index in [4.69, 9.17) is 5.26 Å². The first-order valence-electron chi connectivity index (χ1n) is 2.10. The Morgan fingerprint density at radius 2 is 2.62 bits per heavy atom. The van der Waals surface area contributed by atoms with Gasteiger partial charge >= 0.3 is 0 Å². The van der Waals surface area contributed by atoms with E-state index in [-0.39, 0.29) is 0 Å². The number of nitrogens with one attached hydrogen (secondary N) is 1. The maximum absolute atomic E-state index is 8.20. The summed E-state index contributed by atoms with van der Waals surface area (Å²) in [5, 5.41) is 8.20. The van der Waals surface area contributed by atoms with Gasteiger partial charge in [-0.25, -0.2) is 4.98 Å². The normalized spacial score (nSPS) is 8.50. The zero-order chi connectivity index (χ0) is 5.98. The predicted molar refractivity (Wildman–Crippen MR) is 27.8 cm³/mol. The van der Waals surface area contributed by atoms with Crippen LogP contribution < -0.4 is 0 Å². The highest BCUT2D eigenvalue weighted by Crippen LogP contribution is 1.90. The average Bonchev–Trinajstić information content (AvgIpc) is 2.14. The molecule has 0 bridgehead atoms. The Kier molecular flexibility index (Phi) is 1.01. The van der Waals surface area contributed by atoms with E-state index in [0.29, 0.717) is 11.5 Å². The highest BCUT2D eigenvalue weighted by Gasteiger charge is 1.89. The maximum atomic E-state index is 8.20. The highest BCUT2D eigenvalue weighted by molar-refractivity contribution is 5.17. The smallest absolute Gasteiger partial charge is 0.137 e. The standard InChI is InChI=1S/C5H4N3/c1-4-7-3-5(2-6)8-4/h3H,1H2,(H,7,8). The van der Waals surface area contributed by atoms with Crippen LogP contribution in [-0.4, -0.2) is 9.97 Å². The van der Waals surface area contributed by atoms with Gasteiger partial charge in [0.1, 0.15) is 17.6 Å². The Balaban J connectivity index is 3.05. The molecule has 0 saturated heterocycles. The lowest BCUT2D eigenvalue weighted by Gasteiger charge is -1.72. The van der Waals surface area contributed by atoms with Crippen molar-refractivity contribution in [3.63, 3.8) is 0 Å². The summed E-state index contributed by atoms with van der Waals surface area (Å²) >= 11 is 0. The fraction of sp³-hybridized carbons (Fsp3) is 0. The van der Waals surface area contributed by atoms with Crippen molar-refractivity contribution < 1.29 is 0 Å². The van der Waals surface area contributed by atoms with E-state index in [1.54, 1.807) is 0 Å². The van der Waals surface area contributed by atoms with Crippen LogP contribution >= 0.6 is 0 Å². The molecule has 0 spiro atoms. The van der Waals surface area contributed by atoms with Crippen molar-refractivity contribution in [1.82, 2.24) is 9.97 Å². The quantitative estimate of drug-likeness (QED) is 0.522. The zero-order valence-electron chi connectivity index (χ0n) is 4.18. The number of aromatic amines is 1. The highest BCUT2D eigenvalue weighted by atomic mass is 14.9. The lowest BCUT2D eigenvalue weighted by molar-refractivity contribution is 1.22. The molecule has 1 rings (SSSR count). The van der Waals surface area contributed by atoms with Crippen molar-refractivity contribution in [2.24, 2.45) is 0 Å². The molecule has 0 aromatic carbocycles. The monoisotopic (exact) mass is 106 g/mol. The van der Waals surface area contributed by atoms with Crippen molar-refractivity contribution in [2.75, 3.05) is 0 Å². The van der Waals surface area contributed by atoms with Crippen molar-refractivity contribution in [1.29, 1.82) is 5.26 Å². The molecule has 0 fully saturated rings. The largest absolute Gasteiger partial charge is 0.334 e. The Labute approximate surface area is 47.0 Å². The summed E-state index contributed by atoms with van der Waals surface area (Å²) in [6.07, 6.45) is 1.45. The molecular weight excluding hydrogens is 102 g/mol. The second kappa shape index (κ2) is 1.66. The number of nitriles is 1. The summed E-state index contributed by atoms with van der Waals surface area (Å²) < 4.78 is 0. The molecule has 0 saturated carbocycles. The lowest BCUT2D eigenvalue weighted by atomic mass is 10.5. The Hall–Kier alpha value is -1.30. The third-order valence-corrected chi connectivity index (χ3v) is 0.749. The number of imidazole rings is 1. The fourth-order valence-corrected chi connectivity index (χ4v) is 0.419.